The second-order valence-electron chi connectivity index (χ2n) is 7.07. The van der Waals surface area contributed by atoms with Crippen LogP contribution in [-0.2, 0) is 30.8 Å². The Hall–Kier alpha value is -1.34. The molecule has 4 rings (SSSR count). The van der Waals surface area contributed by atoms with Crippen molar-refractivity contribution in [2.45, 2.75) is 42.2 Å². The average molecular weight is 546 g/mol. The number of ether oxygens (including phenoxy) is 1. The van der Waals surface area contributed by atoms with Crippen LogP contribution in [0.3, 0.4) is 0 Å². The van der Waals surface area contributed by atoms with Crippen LogP contribution in [0.1, 0.15) is 24.8 Å². The predicted molar refractivity (Wildman–Crippen MR) is 124 cm³/mol. The molecule has 3 aromatic rings. The summed E-state index contributed by atoms with van der Waals surface area (Å²) in [6.07, 6.45) is 2.25. The Balaban J connectivity index is 1.54. The number of sulfonamides is 1. The molecule has 0 saturated carbocycles. The number of halogens is 1. The van der Waals surface area contributed by atoms with Gasteiger partial charge >= 0.3 is 0 Å². The Morgan fingerprint density at radius 3 is 2.84 bits per heavy atom. The maximum Gasteiger partial charge on any atom is 0.262 e. The fourth-order valence-corrected chi connectivity index (χ4v) is 7.48. The van der Waals surface area contributed by atoms with Crippen LogP contribution in [-0.4, -0.2) is 33.3 Å². The molecule has 2 aromatic heterocycles. The van der Waals surface area contributed by atoms with Gasteiger partial charge in [-0.3, -0.25) is 4.79 Å². The zero-order valence-corrected chi connectivity index (χ0v) is 20.4. The molecule has 2 N–H and O–H groups in total. The standard InChI is InChI=1S/C20H21BrN2O5S3/c21-17-8-9-19(30-17)31(25,26)23-15(20(24)22-28-18-7-3-4-10-27-18)11-13-12-29-16-6-2-1-5-14(13)16/h1-2,5-6,8-9,12,15,18,23H,3-4,7,10-11H2,(H,22,24)/t15-,18?/m1/s1. The van der Waals surface area contributed by atoms with E-state index in [1.54, 1.807) is 17.4 Å². The summed E-state index contributed by atoms with van der Waals surface area (Å²) in [5.74, 6) is -0.566. The van der Waals surface area contributed by atoms with Crippen molar-refractivity contribution in [1.82, 2.24) is 10.2 Å². The second-order valence-corrected chi connectivity index (χ2v) is 12.4. The van der Waals surface area contributed by atoms with E-state index in [-0.39, 0.29) is 10.6 Å². The maximum absolute atomic E-state index is 12.9. The van der Waals surface area contributed by atoms with Gasteiger partial charge in [0.25, 0.3) is 15.9 Å². The summed E-state index contributed by atoms with van der Waals surface area (Å²) in [6.45, 7) is 0.574. The van der Waals surface area contributed by atoms with Crippen LogP contribution >= 0.6 is 38.6 Å². The van der Waals surface area contributed by atoms with Crippen molar-refractivity contribution in [1.29, 1.82) is 0 Å². The molecule has 0 bridgehead atoms. The van der Waals surface area contributed by atoms with Crippen molar-refractivity contribution in [3.8, 4) is 0 Å². The van der Waals surface area contributed by atoms with Crippen LogP contribution in [0.25, 0.3) is 10.1 Å². The maximum atomic E-state index is 12.9. The molecule has 1 amide bonds. The smallest absolute Gasteiger partial charge is 0.262 e. The van der Waals surface area contributed by atoms with Crippen molar-refractivity contribution in [3.63, 3.8) is 0 Å². The normalized spacial score (nSPS) is 18.2. The Bertz CT molecular complexity index is 1150. The second kappa shape index (κ2) is 10.1. The molecule has 11 heteroatoms. The number of amides is 1. The van der Waals surface area contributed by atoms with E-state index in [4.69, 9.17) is 9.57 Å². The molecule has 7 nitrogen and oxygen atoms in total. The lowest BCUT2D eigenvalue weighted by molar-refractivity contribution is -0.201. The third kappa shape index (κ3) is 5.72. The predicted octanol–water partition coefficient (Wildman–Crippen LogP) is 4.19. The minimum Gasteiger partial charge on any atom is -0.350 e. The monoisotopic (exact) mass is 544 g/mol. The van der Waals surface area contributed by atoms with Crippen molar-refractivity contribution >= 4 is 64.6 Å². The highest BCUT2D eigenvalue weighted by molar-refractivity contribution is 9.11. The molecule has 3 heterocycles. The highest BCUT2D eigenvalue weighted by Gasteiger charge is 2.29. The van der Waals surface area contributed by atoms with E-state index in [0.29, 0.717) is 16.8 Å². The number of hydroxylamine groups is 1. The number of rotatable bonds is 8. The number of benzene rings is 1. The minimum atomic E-state index is -3.89. The summed E-state index contributed by atoms with van der Waals surface area (Å²) >= 11 is 5.92. The van der Waals surface area contributed by atoms with Crippen molar-refractivity contribution in [3.05, 3.63) is 51.1 Å². The van der Waals surface area contributed by atoms with E-state index >= 15 is 0 Å². The lowest BCUT2D eigenvalue weighted by atomic mass is 10.1. The number of fused-ring (bicyclic) bond motifs is 1. The Morgan fingerprint density at radius 2 is 2.10 bits per heavy atom. The zero-order chi connectivity index (χ0) is 21.8. The van der Waals surface area contributed by atoms with Gasteiger partial charge in [-0.25, -0.2) is 18.7 Å². The summed E-state index contributed by atoms with van der Waals surface area (Å²) in [7, 11) is -3.89. The fraction of sp³-hybridized carbons (Fsp3) is 0.350. The number of hydrogen-bond donors (Lipinski definition) is 2. The van der Waals surface area contributed by atoms with Gasteiger partial charge in [0, 0.05) is 17.7 Å². The summed E-state index contributed by atoms with van der Waals surface area (Å²) in [5.41, 5.74) is 3.29. The molecule has 1 fully saturated rings. The molecule has 1 saturated heterocycles. The van der Waals surface area contributed by atoms with E-state index in [9.17, 15) is 13.2 Å². The summed E-state index contributed by atoms with van der Waals surface area (Å²) in [5, 5.41) is 2.95. The van der Waals surface area contributed by atoms with Crippen LogP contribution in [0.2, 0.25) is 0 Å². The SMILES string of the molecule is O=C(NOC1CCCCO1)[C@@H](Cc1csc2ccccc12)NS(=O)(=O)c1ccc(Br)s1. The van der Waals surface area contributed by atoms with Gasteiger partial charge in [0.2, 0.25) is 0 Å². The molecular formula is C20H21BrN2O5S3. The molecule has 31 heavy (non-hydrogen) atoms. The first-order valence-electron chi connectivity index (χ1n) is 9.72. The molecule has 1 aliphatic heterocycles. The molecule has 0 aliphatic carbocycles. The van der Waals surface area contributed by atoms with Gasteiger partial charge in [0.05, 0.1) is 3.79 Å². The zero-order valence-electron chi connectivity index (χ0n) is 16.4. The molecular weight excluding hydrogens is 524 g/mol. The van der Waals surface area contributed by atoms with E-state index in [1.807, 2.05) is 29.6 Å². The third-order valence-corrected chi connectivity index (χ3v) is 9.44. The summed E-state index contributed by atoms with van der Waals surface area (Å²) in [6, 6.07) is 9.94. The number of thiophene rings is 2. The molecule has 166 valence electrons. The quantitative estimate of drug-likeness (QED) is 0.414. The summed E-state index contributed by atoms with van der Waals surface area (Å²) < 4.78 is 35.7. The van der Waals surface area contributed by atoms with Crippen LogP contribution in [0, 0.1) is 0 Å². The average Bonchev–Trinajstić information content (AvgIpc) is 3.39. The van der Waals surface area contributed by atoms with E-state index < -0.39 is 28.3 Å². The van der Waals surface area contributed by atoms with Gasteiger partial charge in [-0.2, -0.15) is 4.72 Å². The topological polar surface area (TPSA) is 93.7 Å². The van der Waals surface area contributed by atoms with Gasteiger partial charge < -0.3 is 4.74 Å². The first-order valence-corrected chi connectivity index (χ1v) is 13.7. The minimum absolute atomic E-state index is 0.129. The van der Waals surface area contributed by atoms with Crippen molar-refractivity contribution < 1.29 is 22.8 Å². The van der Waals surface area contributed by atoms with Gasteiger partial charge in [0.1, 0.15) is 10.3 Å². The van der Waals surface area contributed by atoms with Gasteiger partial charge in [-0.05, 0) is 69.7 Å². The largest absolute Gasteiger partial charge is 0.350 e. The highest BCUT2D eigenvalue weighted by Crippen LogP contribution is 2.28. The molecule has 1 aromatic carbocycles. The Kier molecular flexibility index (Phi) is 7.42. The van der Waals surface area contributed by atoms with Crippen LogP contribution in [0.4, 0.5) is 0 Å². The van der Waals surface area contributed by atoms with E-state index in [1.165, 1.54) is 6.07 Å². The molecule has 2 atom stereocenters. The highest BCUT2D eigenvalue weighted by atomic mass is 79.9. The van der Waals surface area contributed by atoms with E-state index in [2.05, 4.69) is 26.1 Å². The van der Waals surface area contributed by atoms with Crippen molar-refractivity contribution in [2.24, 2.45) is 0 Å². The first kappa shape index (κ1) is 22.8. The van der Waals surface area contributed by atoms with Crippen LogP contribution < -0.4 is 10.2 Å². The Morgan fingerprint density at radius 1 is 1.26 bits per heavy atom. The number of carbonyl (C=O) groups is 1. The number of hydrogen-bond acceptors (Lipinski definition) is 7. The van der Waals surface area contributed by atoms with Gasteiger partial charge in [-0.1, -0.05) is 18.2 Å². The van der Waals surface area contributed by atoms with E-state index in [0.717, 1.165) is 39.8 Å². The molecule has 0 spiro atoms. The Labute approximate surface area is 196 Å². The number of carbonyl (C=O) groups excluding carboxylic acids is 1. The van der Waals surface area contributed by atoms with Gasteiger partial charge in [0.15, 0.2) is 6.29 Å². The molecule has 1 aliphatic rings. The van der Waals surface area contributed by atoms with Crippen molar-refractivity contribution in [2.75, 3.05) is 6.61 Å². The summed E-state index contributed by atoms with van der Waals surface area (Å²) in [4.78, 5) is 18.3. The van der Waals surface area contributed by atoms with Crippen LogP contribution in [0.5, 0.6) is 0 Å². The number of nitrogens with one attached hydrogen (secondary N) is 2. The van der Waals surface area contributed by atoms with Crippen LogP contribution in [0.15, 0.2) is 49.8 Å². The lowest BCUT2D eigenvalue weighted by Gasteiger charge is -2.24. The molecule has 0 radical (unpaired) electrons. The first-order chi connectivity index (χ1) is 14.9. The lowest BCUT2D eigenvalue weighted by Crippen LogP contribution is -2.48. The third-order valence-electron chi connectivity index (χ3n) is 4.84. The molecule has 1 unspecified atom stereocenters. The fourth-order valence-electron chi connectivity index (χ4n) is 3.29. The van der Waals surface area contributed by atoms with Gasteiger partial charge in [-0.15, -0.1) is 22.7 Å².